The van der Waals surface area contributed by atoms with Crippen molar-refractivity contribution >= 4 is 16.9 Å². The van der Waals surface area contributed by atoms with Gasteiger partial charge in [0.25, 0.3) is 0 Å². The van der Waals surface area contributed by atoms with Crippen LogP contribution in [0.3, 0.4) is 0 Å². The zero-order valence-electron chi connectivity index (χ0n) is 11.3. The first-order chi connectivity index (χ1) is 9.06. The van der Waals surface area contributed by atoms with Gasteiger partial charge in [0.15, 0.2) is 0 Å². The Morgan fingerprint density at radius 3 is 3.00 bits per heavy atom. The molecule has 0 radical (unpaired) electrons. The van der Waals surface area contributed by atoms with E-state index in [0.29, 0.717) is 19.4 Å². The predicted molar refractivity (Wildman–Crippen MR) is 74.0 cm³/mol. The van der Waals surface area contributed by atoms with Crippen molar-refractivity contribution in [2.24, 2.45) is 0 Å². The number of rotatable bonds is 5. The number of aliphatic hydroxyl groups excluding tert-OH is 1. The second-order valence-corrected chi connectivity index (χ2v) is 4.92. The fraction of sp³-hybridized carbons (Fsp3) is 0.400. The van der Waals surface area contributed by atoms with Gasteiger partial charge in [0, 0.05) is 17.5 Å². The van der Waals surface area contributed by atoms with Gasteiger partial charge in [-0.2, -0.15) is 0 Å². The molecule has 1 unspecified atom stereocenters. The third kappa shape index (κ3) is 3.58. The van der Waals surface area contributed by atoms with Crippen molar-refractivity contribution in [2.75, 3.05) is 6.54 Å². The van der Waals surface area contributed by atoms with Crippen molar-refractivity contribution < 1.29 is 14.3 Å². The fourth-order valence-electron chi connectivity index (χ4n) is 1.98. The lowest BCUT2D eigenvalue weighted by Crippen LogP contribution is -2.27. The molecule has 0 aliphatic heterocycles. The summed E-state index contributed by atoms with van der Waals surface area (Å²) >= 11 is 0. The summed E-state index contributed by atoms with van der Waals surface area (Å²) in [5.74, 6) is -0.0519. The minimum atomic E-state index is -0.391. The van der Waals surface area contributed by atoms with E-state index < -0.39 is 6.10 Å². The van der Waals surface area contributed by atoms with Crippen molar-refractivity contribution in [2.45, 2.75) is 32.8 Å². The Morgan fingerprint density at radius 2 is 2.26 bits per heavy atom. The number of carbonyl (C=O) groups is 1. The molecule has 4 heteroatoms. The highest BCUT2D eigenvalue weighted by Gasteiger charge is 2.10. The Kier molecular flexibility index (Phi) is 4.22. The van der Waals surface area contributed by atoms with Crippen LogP contribution in [0.5, 0.6) is 0 Å². The molecule has 1 aromatic heterocycles. The SMILES string of the molecule is Cc1ccc2c(CC(=O)NCCC(C)O)coc2c1. The Balaban J connectivity index is 1.99. The van der Waals surface area contributed by atoms with Crippen LogP contribution in [0.25, 0.3) is 11.0 Å². The Labute approximate surface area is 112 Å². The van der Waals surface area contributed by atoms with Gasteiger partial charge in [-0.3, -0.25) is 4.79 Å². The lowest BCUT2D eigenvalue weighted by Gasteiger charge is -2.06. The van der Waals surface area contributed by atoms with Crippen molar-refractivity contribution in [3.05, 3.63) is 35.6 Å². The number of aryl methyl sites for hydroxylation is 1. The first-order valence-electron chi connectivity index (χ1n) is 6.48. The maximum absolute atomic E-state index is 11.8. The highest BCUT2D eigenvalue weighted by molar-refractivity contribution is 5.87. The fourth-order valence-corrected chi connectivity index (χ4v) is 1.98. The van der Waals surface area contributed by atoms with Gasteiger partial charge in [-0.05, 0) is 31.9 Å². The molecule has 19 heavy (non-hydrogen) atoms. The molecule has 1 atom stereocenters. The zero-order valence-corrected chi connectivity index (χ0v) is 11.3. The highest BCUT2D eigenvalue weighted by atomic mass is 16.3. The summed E-state index contributed by atoms with van der Waals surface area (Å²) in [5.41, 5.74) is 2.84. The molecular formula is C15H19NO3. The van der Waals surface area contributed by atoms with Gasteiger partial charge in [-0.15, -0.1) is 0 Å². The molecule has 1 heterocycles. The van der Waals surface area contributed by atoms with E-state index >= 15 is 0 Å². The van der Waals surface area contributed by atoms with Gasteiger partial charge in [0.2, 0.25) is 5.91 Å². The summed E-state index contributed by atoms with van der Waals surface area (Å²) < 4.78 is 5.45. The Bertz CT molecular complexity index is 572. The third-order valence-corrected chi connectivity index (χ3v) is 3.05. The van der Waals surface area contributed by atoms with E-state index in [-0.39, 0.29) is 5.91 Å². The number of furan rings is 1. The van der Waals surface area contributed by atoms with Crippen LogP contribution in [0.15, 0.2) is 28.9 Å². The van der Waals surface area contributed by atoms with Crippen LogP contribution >= 0.6 is 0 Å². The molecule has 102 valence electrons. The first kappa shape index (κ1) is 13.6. The van der Waals surface area contributed by atoms with Crippen LogP contribution in [0.2, 0.25) is 0 Å². The van der Waals surface area contributed by atoms with Gasteiger partial charge < -0.3 is 14.8 Å². The quantitative estimate of drug-likeness (QED) is 0.867. The molecule has 0 saturated heterocycles. The number of fused-ring (bicyclic) bond motifs is 1. The molecule has 0 aliphatic rings. The van der Waals surface area contributed by atoms with Crippen LogP contribution in [0.4, 0.5) is 0 Å². The van der Waals surface area contributed by atoms with E-state index in [4.69, 9.17) is 9.52 Å². The normalized spacial score (nSPS) is 12.6. The van der Waals surface area contributed by atoms with Crippen LogP contribution in [0.1, 0.15) is 24.5 Å². The highest BCUT2D eigenvalue weighted by Crippen LogP contribution is 2.22. The molecule has 2 N–H and O–H groups in total. The third-order valence-electron chi connectivity index (χ3n) is 3.05. The van der Waals surface area contributed by atoms with Gasteiger partial charge in [-0.25, -0.2) is 0 Å². The van der Waals surface area contributed by atoms with E-state index in [2.05, 4.69) is 5.32 Å². The van der Waals surface area contributed by atoms with Crippen molar-refractivity contribution in [1.29, 1.82) is 0 Å². The van der Waals surface area contributed by atoms with Crippen molar-refractivity contribution in [3.8, 4) is 0 Å². The van der Waals surface area contributed by atoms with E-state index in [1.807, 2.05) is 25.1 Å². The van der Waals surface area contributed by atoms with Crippen LogP contribution in [-0.2, 0) is 11.2 Å². The summed E-state index contributed by atoms with van der Waals surface area (Å²) in [5, 5.41) is 12.9. The number of hydrogen-bond acceptors (Lipinski definition) is 3. The molecule has 1 amide bonds. The molecule has 0 saturated carbocycles. The van der Waals surface area contributed by atoms with Gasteiger partial charge in [0.1, 0.15) is 5.58 Å². The molecule has 0 fully saturated rings. The summed E-state index contributed by atoms with van der Waals surface area (Å²) in [6.45, 7) is 4.20. The largest absolute Gasteiger partial charge is 0.464 e. The van der Waals surface area contributed by atoms with Gasteiger partial charge >= 0.3 is 0 Å². The summed E-state index contributed by atoms with van der Waals surface area (Å²) in [6, 6.07) is 5.95. The standard InChI is InChI=1S/C15H19NO3/c1-10-3-4-13-12(9-19-14(13)7-10)8-15(18)16-6-5-11(2)17/h3-4,7,9,11,17H,5-6,8H2,1-2H3,(H,16,18). The molecule has 2 aromatic rings. The number of benzene rings is 1. The average Bonchev–Trinajstić information content (AvgIpc) is 2.71. The summed E-state index contributed by atoms with van der Waals surface area (Å²) in [6.07, 6.45) is 2.11. The Hall–Kier alpha value is -1.81. The number of amides is 1. The van der Waals surface area contributed by atoms with E-state index in [9.17, 15) is 4.79 Å². The lowest BCUT2D eigenvalue weighted by molar-refractivity contribution is -0.120. The smallest absolute Gasteiger partial charge is 0.224 e. The summed E-state index contributed by atoms with van der Waals surface area (Å²) in [4.78, 5) is 11.8. The molecule has 0 bridgehead atoms. The molecule has 1 aromatic carbocycles. The minimum Gasteiger partial charge on any atom is -0.464 e. The van der Waals surface area contributed by atoms with Gasteiger partial charge in [0.05, 0.1) is 18.8 Å². The monoisotopic (exact) mass is 261 g/mol. The van der Waals surface area contributed by atoms with E-state index in [1.165, 1.54) is 0 Å². The topological polar surface area (TPSA) is 62.5 Å². The molecule has 0 spiro atoms. The zero-order chi connectivity index (χ0) is 13.8. The van der Waals surface area contributed by atoms with Gasteiger partial charge in [-0.1, -0.05) is 12.1 Å². The second-order valence-electron chi connectivity index (χ2n) is 4.92. The first-order valence-corrected chi connectivity index (χ1v) is 6.48. The maximum atomic E-state index is 11.8. The Morgan fingerprint density at radius 1 is 1.47 bits per heavy atom. The number of nitrogens with one attached hydrogen (secondary N) is 1. The predicted octanol–water partition coefficient (Wildman–Crippen LogP) is 2.17. The van der Waals surface area contributed by atoms with E-state index in [1.54, 1.807) is 13.2 Å². The van der Waals surface area contributed by atoms with Crippen molar-refractivity contribution in [1.82, 2.24) is 5.32 Å². The maximum Gasteiger partial charge on any atom is 0.224 e. The van der Waals surface area contributed by atoms with Crippen LogP contribution in [-0.4, -0.2) is 23.7 Å². The van der Waals surface area contributed by atoms with Crippen LogP contribution < -0.4 is 5.32 Å². The molecular weight excluding hydrogens is 242 g/mol. The second kappa shape index (κ2) is 5.89. The molecule has 2 rings (SSSR count). The molecule has 0 aliphatic carbocycles. The van der Waals surface area contributed by atoms with E-state index in [0.717, 1.165) is 22.1 Å². The molecule has 4 nitrogen and oxygen atoms in total. The average molecular weight is 261 g/mol. The minimum absolute atomic E-state index is 0.0519. The van der Waals surface area contributed by atoms with Crippen LogP contribution in [0, 0.1) is 6.92 Å². The number of aliphatic hydroxyl groups is 1. The lowest BCUT2D eigenvalue weighted by atomic mass is 10.1. The van der Waals surface area contributed by atoms with Crippen molar-refractivity contribution in [3.63, 3.8) is 0 Å². The summed E-state index contributed by atoms with van der Waals surface area (Å²) in [7, 11) is 0. The number of carbonyl (C=O) groups excluding carboxylic acids is 1. The number of hydrogen-bond donors (Lipinski definition) is 2.